The van der Waals surface area contributed by atoms with Gasteiger partial charge in [0.15, 0.2) is 0 Å². The molecule has 0 spiro atoms. The number of nitrogens with zero attached hydrogens (tertiary/aromatic N) is 1. The second kappa shape index (κ2) is 9.86. The molecule has 0 radical (unpaired) electrons. The first kappa shape index (κ1) is 25.3. The summed E-state index contributed by atoms with van der Waals surface area (Å²) in [5.74, 6) is -0.557. The number of hydrogen-bond acceptors (Lipinski definition) is 5. The summed E-state index contributed by atoms with van der Waals surface area (Å²) in [7, 11) is -7.52. The molecule has 0 bridgehead atoms. The Kier molecular flexibility index (Phi) is 7.32. The molecule has 3 aromatic carbocycles. The van der Waals surface area contributed by atoms with Crippen molar-refractivity contribution in [2.45, 2.75) is 25.7 Å². The molecule has 0 aromatic heterocycles. The first-order chi connectivity index (χ1) is 15.8. The van der Waals surface area contributed by atoms with E-state index in [1.165, 1.54) is 24.3 Å². The van der Waals surface area contributed by atoms with Crippen molar-refractivity contribution in [2.24, 2.45) is 0 Å². The van der Waals surface area contributed by atoms with Gasteiger partial charge in [-0.25, -0.2) is 16.8 Å². The summed E-state index contributed by atoms with van der Waals surface area (Å²) in [6.45, 7) is 5.12. The first-order valence-electron chi connectivity index (χ1n) is 10.4. The summed E-state index contributed by atoms with van der Waals surface area (Å²) in [6, 6.07) is 17.9. The highest BCUT2D eigenvalue weighted by Gasteiger charge is 2.22. The highest BCUT2D eigenvalue weighted by molar-refractivity contribution is 7.92. The van der Waals surface area contributed by atoms with Crippen molar-refractivity contribution in [1.82, 2.24) is 0 Å². The number of aryl methyl sites for hydroxylation is 3. The van der Waals surface area contributed by atoms with Crippen LogP contribution in [0.25, 0.3) is 0 Å². The minimum absolute atomic E-state index is 0.0278. The maximum absolute atomic E-state index is 12.6. The predicted octanol–water partition coefficient (Wildman–Crippen LogP) is 3.82. The molecule has 34 heavy (non-hydrogen) atoms. The van der Waals surface area contributed by atoms with E-state index in [1.54, 1.807) is 37.3 Å². The van der Waals surface area contributed by atoms with Gasteiger partial charge in [0, 0.05) is 11.4 Å². The van der Waals surface area contributed by atoms with Crippen molar-refractivity contribution >= 4 is 43.0 Å². The lowest BCUT2D eigenvalue weighted by atomic mass is 10.1. The molecule has 0 aliphatic rings. The van der Waals surface area contributed by atoms with Crippen LogP contribution < -0.4 is 14.3 Å². The molecule has 0 atom stereocenters. The molecule has 180 valence electrons. The highest BCUT2D eigenvalue weighted by Crippen LogP contribution is 2.24. The second-order valence-electron chi connectivity index (χ2n) is 8.11. The fourth-order valence-electron chi connectivity index (χ4n) is 3.44. The summed E-state index contributed by atoms with van der Waals surface area (Å²) in [5, 5.41) is 2.62. The van der Waals surface area contributed by atoms with Crippen LogP contribution in [0, 0.1) is 20.8 Å². The van der Waals surface area contributed by atoms with Crippen molar-refractivity contribution in [3.05, 3.63) is 83.4 Å². The van der Waals surface area contributed by atoms with Gasteiger partial charge in [0.2, 0.25) is 15.9 Å². The third-order valence-electron chi connectivity index (χ3n) is 5.03. The topological polar surface area (TPSA) is 113 Å². The van der Waals surface area contributed by atoms with Crippen molar-refractivity contribution in [2.75, 3.05) is 27.1 Å². The van der Waals surface area contributed by atoms with E-state index in [0.29, 0.717) is 17.1 Å². The van der Waals surface area contributed by atoms with Crippen LogP contribution >= 0.6 is 0 Å². The zero-order valence-corrected chi connectivity index (χ0v) is 21.0. The van der Waals surface area contributed by atoms with Gasteiger partial charge in [-0.2, -0.15) is 0 Å². The minimum atomic E-state index is -3.81. The van der Waals surface area contributed by atoms with Crippen LogP contribution in [-0.2, 0) is 24.8 Å². The van der Waals surface area contributed by atoms with Gasteiger partial charge in [-0.1, -0.05) is 29.8 Å². The van der Waals surface area contributed by atoms with Crippen LogP contribution in [0.2, 0.25) is 0 Å². The van der Waals surface area contributed by atoms with Crippen molar-refractivity contribution in [1.29, 1.82) is 0 Å². The van der Waals surface area contributed by atoms with E-state index in [4.69, 9.17) is 0 Å². The number of amides is 1. The number of rotatable bonds is 8. The lowest BCUT2D eigenvalue weighted by Crippen LogP contribution is -2.37. The maximum Gasteiger partial charge on any atom is 0.261 e. The standard InChI is InChI=1S/C24H27N3O5S2/c1-17-6-5-7-21(15-17)26-34(31,32)22-11-9-20(10-12-22)25-24(28)16-27(33(4,29)30)23-13-8-18(2)14-19(23)3/h5-15,26H,16H2,1-4H3,(H,25,28). The Bertz CT molecular complexity index is 1420. The first-order valence-corrected chi connectivity index (χ1v) is 13.7. The van der Waals surface area contributed by atoms with Gasteiger partial charge in [-0.15, -0.1) is 0 Å². The van der Waals surface area contributed by atoms with Gasteiger partial charge >= 0.3 is 0 Å². The average molecular weight is 502 g/mol. The summed E-state index contributed by atoms with van der Waals surface area (Å²) in [5.41, 5.74) is 3.84. The van der Waals surface area contributed by atoms with E-state index in [2.05, 4.69) is 10.0 Å². The average Bonchev–Trinajstić information content (AvgIpc) is 2.72. The Balaban J connectivity index is 1.73. The summed E-state index contributed by atoms with van der Waals surface area (Å²) < 4.78 is 53.6. The van der Waals surface area contributed by atoms with Crippen LogP contribution in [0.4, 0.5) is 17.1 Å². The number of anilines is 3. The Hall–Kier alpha value is -3.37. The van der Waals surface area contributed by atoms with Crippen LogP contribution in [0.15, 0.2) is 71.6 Å². The zero-order chi connectivity index (χ0) is 25.1. The summed E-state index contributed by atoms with van der Waals surface area (Å²) in [6.07, 6.45) is 1.04. The largest absolute Gasteiger partial charge is 0.325 e. The molecule has 10 heteroatoms. The number of benzene rings is 3. The molecule has 0 saturated heterocycles. The SMILES string of the molecule is Cc1cccc(NS(=O)(=O)c2ccc(NC(=O)CN(c3ccc(C)cc3C)S(C)(=O)=O)cc2)c1. The van der Waals surface area contributed by atoms with E-state index in [0.717, 1.165) is 27.3 Å². The zero-order valence-electron chi connectivity index (χ0n) is 19.4. The molecule has 0 unspecified atom stereocenters. The van der Waals surface area contributed by atoms with Gasteiger partial charge in [0.25, 0.3) is 10.0 Å². The summed E-state index contributed by atoms with van der Waals surface area (Å²) in [4.78, 5) is 12.7. The number of carbonyl (C=O) groups is 1. The fraction of sp³-hybridized carbons (Fsp3) is 0.208. The monoisotopic (exact) mass is 501 g/mol. The van der Waals surface area contributed by atoms with Crippen LogP contribution in [0.1, 0.15) is 16.7 Å². The Morgan fingerprint density at radius 1 is 0.824 bits per heavy atom. The smallest absolute Gasteiger partial charge is 0.261 e. The molecule has 0 aliphatic carbocycles. The molecule has 1 amide bonds. The predicted molar refractivity (Wildman–Crippen MR) is 135 cm³/mol. The molecule has 2 N–H and O–H groups in total. The van der Waals surface area contributed by atoms with E-state index in [9.17, 15) is 21.6 Å². The van der Waals surface area contributed by atoms with E-state index in [1.807, 2.05) is 26.0 Å². The quantitative estimate of drug-likeness (QED) is 0.487. The minimum Gasteiger partial charge on any atom is -0.325 e. The number of sulfonamides is 2. The third kappa shape index (κ3) is 6.36. The molecule has 0 aliphatic heterocycles. The molecule has 0 heterocycles. The maximum atomic E-state index is 12.6. The highest BCUT2D eigenvalue weighted by atomic mass is 32.2. The summed E-state index contributed by atoms with van der Waals surface area (Å²) >= 11 is 0. The number of hydrogen-bond donors (Lipinski definition) is 2. The van der Waals surface area contributed by atoms with Gasteiger partial charge in [-0.3, -0.25) is 13.8 Å². The van der Waals surface area contributed by atoms with Crippen LogP contribution in [-0.4, -0.2) is 35.5 Å². The van der Waals surface area contributed by atoms with Crippen LogP contribution in [0.3, 0.4) is 0 Å². The molecule has 8 nitrogen and oxygen atoms in total. The van der Waals surface area contributed by atoms with E-state index >= 15 is 0 Å². The van der Waals surface area contributed by atoms with Gasteiger partial charge in [-0.05, 0) is 74.4 Å². The van der Waals surface area contributed by atoms with Crippen molar-refractivity contribution < 1.29 is 21.6 Å². The second-order valence-corrected chi connectivity index (χ2v) is 11.7. The Labute approximate surface area is 200 Å². The van der Waals surface area contributed by atoms with E-state index < -0.39 is 32.5 Å². The molecule has 3 rings (SSSR count). The number of carbonyl (C=O) groups excluding carboxylic acids is 1. The fourth-order valence-corrected chi connectivity index (χ4v) is 5.40. The molecule has 0 fully saturated rings. The van der Waals surface area contributed by atoms with Crippen molar-refractivity contribution in [3.63, 3.8) is 0 Å². The molecular weight excluding hydrogens is 474 g/mol. The molecule has 0 saturated carbocycles. The van der Waals surface area contributed by atoms with Crippen molar-refractivity contribution in [3.8, 4) is 0 Å². The Morgan fingerprint density at radius 2 is 1.47 bits per heavy atom. The van der Waals surface area contributed by atoms with Gasteiger partial charge in [0.05, 0.1) is 16.8 Å². The molecular formula is C24H27N3O5S2. The van der Waals surface area contributed by atoms with Crippen LogP contribution in [0.5, 0.6) is 0 Å². The third-order valence-corrected chi connectivity index (χ3v) is 7.55. The van der Waals surface area contributed by atoms with Gasteiger partial charge in [0.1, 0.15) is 6.54 Å². The lowest BCUT2D eigenvalue weighted by molar-refractivity contribution is -0.114. The Morgan fingerprint density at radius 3 is 2.06 bits per heavy atom. The number of nitrogens with one attached hydrogen (secondary N) is 2. The lowest BCUT2D eigenvalue weighted by Gasteiger charge is -2.24. The normalized spacial score (nSPS) is 11.6. The molecule has 3 aromatic rings. The van der Waals surface area contributed by atoms with Gasteiger partial charge < -0.3 is 5.32 Å². The van der Waals surface area contributed by atoms with E-state index in [-0.39, 0.29) is 4.90 Å².